The van der Waals surface area contributed by atoms with Crippen LogP contribution in [0.2, 0.25) is 0 Å². The molecule has 1 aliphatic rings. The molecule has 4 heteroatoms. The summed E-state index contributed by atoms with van der Waals surface area (Å²) in [6.07, 6.45) is 1.28. The van der Waals surface area contributed by atoms with Crippen LogP contribution in [0.1, 0.15) is 26.7 Å². The molecule has 0 heterocycles. The van der Waals surface area contributed by atoms with Crippen LogP contribution in [-0.2, 0) is 10.2 Å². The van der Waals surface area contributed by atoms with E-state index in [1.165, 1.54) is 0 Å². The summed E-state index contributed by atoms with van der Waals surface area (Å²) < 4.78 is 33.0. The third kappa shape index (κ3) is 1.17. The van der Waals surface area contributed by atoms with Gasteiger partial charge in [-0.3, -0.25) is 0 Å². The summed E-state index contributed by atoms with van der Waals surface area (Å²) >= 11 is 0. The van der Waals surface area contributed by atoms with E-state index in [-0.39, 0.29) is 5.41 Å². The quantitative estimate of drug-likeness (QED) is 0.553. The Bertz CT molecular complexity index is 230. The molecular weight excluding hydrogens is 155 g/mol. The lowest BCUT2D eigenvalue weighted by atomic mass is 9.72. The van der Waals surface area contributed by atoms with Crippen LogP contribution in [0.15, 0.2) is 0 Å². The maximum Gasteiger partial charge on any atom is 0.305 e. The molecule has 1 rings (SSSR count). The van der Waals surface area contributed by atoms with Crippen LogP contribution in [-0.4, -0.2) is 13.7 Å². The normalized spacial score (nSPS) is 31.3. The second-order valence-electron chi connectivity index (χ2n) is 3.49. The lowest BCUT2D eigenvalue weighted by Crippen LogP contribution is -2.43. The van der Waals surface area contributed by atoms with Gasteiger partial charge < -0.3 is 0 Å². The highest BCUT2D eigenvalue weighted by Gasteiger charge is 2.47. The monoisotopic (exact) mass is 166 g/mol. The van der Waals surface area contributed by atoms with Crippen LogP contribution in [0.3, 0.4) is 0 Å². The minimum atomic E-state index is -4.27. The Morgan fingerprint density at radius 2 is 2.00 bits per heavy atom. The summed E-state index contributed by atoms with van der Waals surface area (Å²) in [6.45, 7) is 3.55. The van der Waals surface area contributed by atoms with Crippen LogP contribution >= 0.6 is 0 Å². The average Bonchev–Trinajstić information content (AvgIpc) is 1.58. The van der Waals surface area contributed by atoms with Crippen molar-refractivity contribution in [2.45, 2.75) is 31.9 Å². The van der Waals surface area contributed by atoms with E-state index >= 15 is 0 Å². The summed E-state index contributed by atoms with van der Waals surface area (Å²) in [5.41, 5.74) is -0.340. The third-order valence-electron chi connectivity index (χ3n) is 2.26. The van der Waals surface area contributed by atoms with Crippen LogP contribution in [0.4, 0.5) is 3.89 Å². The van der Waals surface area contributed by atoms with Gasteiger partial charge in [0.1, 0.15) is 0 Å². The molecule has 0 spiro atoms. The van der Waals surface area contributed by atoms with Crippen LogP contribution in [0.5, 0.6) is 0 Å². The van der Waals surface area contributed by atoms with Gasteiger partial charge in [0.15, 0.2) is 0 Å². The summed E-state index contributed by atoms with van der Waals surface area (Å²) in [4.78, 5) is 0. The molecule has 2 nitrogen and oxygen atoms in total. The topological polar surface area (TPSA) is 34.1 Å². The summed E-state index contributed by atoms with van der Waals surface area (Å²) in [7, 11) is -4.27. The van der Waals surface area contributed by atoms with Crippen molar-refractivity contribution < 1.29 is 12.3 Å². The van der Waals surface area contributed by atoms with Gasteiger partial charge in [-0.05, 0) is 18.3 Å². The van der Waals surface area contributed by atoms with Crippen molar-refractivity contribution in [2.75, 3.05) is 0 Å². The van der Waals surface area contributed by atoms with Gasteiger partial charge in [0.05, 0.1) is 5.25 Å². The maximum atomic E-state index is 12.3. The summed E-state index contributed by atoms with van der Waals surface area (Å²) in [5.74, 6) is 0. The van der Waals surface area contributed by atoms with Crippen molar-refractivity contribution in [1.29, 1.82) is 0 Å². The van der Waals surface area contributed by atoms with E-state index in [1.54, 1.807) is 13.8 Å². The molecule has 0 radical (unpaired) electrons. The van der Waals surface area contributed by atoms with Gasteiger partial charge >= 0.3 is 10.2 Å². The molecular formula is C6H11FO2S. The lowest BCUT2D eigenvalue weighted by molar-refractivity contribution is 0.191. The molecule has 1 saturated carbocycles. The van der Waals surface area contributed by atoms with Crippen molar-refractivity contribution in [2.24, 2.45) is 5.41 Å². The first-order chi connectivity index (χ1) is 4.34. The van der Waals surface area contributed by atoms with Gasteiger partial charge in [-0.15, -0.1) is 3.89 Å². The van der Waals surface area contributed by atoms with E-state index in [4.69, 9.17) is 0 Å². The van der Waals surface area contributed by atoms with E-state index in [9.17, 15) is 12.3 Å². The molecule has 0 N–H and O–H groups in total. The second-order valence-corrected chi connectivity index (χ2v) is 5.01. The number of rotatable bonds is 1. The predicted molar refractivity (Wildman–Crippen MR) is 36.8 cm³/mol. The zero-order chi connectivity index (χ0) is 7.99. The van der Waals surface area contributed by atoms with Crippen LogP contribution < -0.4 is 0 Å². The van der Waals surface area contributed by atoms with E-state index in [1.807, 2.05) is 0 Å². The van der Waals surface area contributed by atoms with Crippen molar-refractivity contribution in [3.8, 4) is 0 Å². The first-order valence-corrected chi connectivity index (χ1v) is 4.72. The molecule has 0 amide bonds. The zero-order valence-electron chi connectivity index (χ0n) is 6.09. The highest BCUT2D eigenvalue weighted by molar-refractivity contribution is 7.87. The smallest absolute Gasteiger partial charge is 0.195 e. The Kier molecular flexibility index (Phi) is 1.54. The van der Waals surface area contributed by atoms with Gasteiger partial charge in [0.25, 0.3) is 0 Å². The Morgan fingerprint density at radius 1 is 1.50 bits per heavy atom. The molecule has 0 aromatic carbocycles. The lowest BCUT2D eigenvalue weighted by Gasteiger charge is -2.41. The SMILES string of the molecule is CC1(C)CCC1S(=O)(=O)F. The molecule has 10 heavy (non-hydrogen) atoms. The Hall–Kier alpha value is -0.120. The number of hydrogen-bond acceptors (Lipinski definition) is 2. The molecule has 1 fully saturated rings. The molecule has 0 saturated heterocycles. The summed E-state index contributed by atoms with van der Waals surface area (Å²) in [6, 6.07) is 0. The van der Waals surface area contributed by atoms with Crippen molar-refractivity contribution >= 4 is 10.2 Å². The molecule has 1 atom stereocenters. The molecule has 60 valence electrons. The maximum absolute atomic E-state index is 12.3. The van der Waals surface area contributed by atoms with Gasteiger partial charge in [-0.2, -0.15) is 8.42 Å². The fraction of sp³-hybridized carbons (Fsp3) is 1.00. The first-order valence-electron chi connectivity index (χ1n) is 3.27. The molecule has 1 aliphatic carbocycles. The third-order valence-corrected chi connectivity index (χ3v) is 3.82. The molecule has 0 aliphatic heterocycles. The molecule has 0 aromatic heterocycles. The average molecular weight is 166 g/mol. The molecule has 1 unspecified atom stereocenters. The Balaban J connectivity index is 2.80. The Labute approximate surface area is 60.6 Å². The van der Waals surface area contributed by atoms with Crippen molar-refractivity contribution in [1.82, 2.24) is 0 Å². The second kappa shape index (κ2) is 1.94. The van der Waals surface area contributed by atoms with Crippen LogP contribution in [0.25, 0.3) is 0 Å². The van der Waals surface area contributed by atoms with Gasteiger partial charge in [0.2, 0.25) is 0 Å². The Morgan fingerprint density at radius 3 is 2.00 bits per heavy atom. The minimum absolute atomic E-state index is 0.340. The highest BCUT2D eigenvalue weighted by atomic mass is 32.3. The van der Waals surface area contributed by atoms with Crippen molar-refractivity contribution in [3.63, 3.8) is 0 Å². The fourth-order valence-corrected chi connectivity index (χ4v) is 2.64. The van der Waals surface area contributed by atoms with E-state index < -0.39 is 15.5 Å². The van der Waals surface area contributed by atoms with Crippen LogP contribution in [0, 0.1) is 5.41 Å². The molecule has 0 aromatic rings. The van der Waals surface area contributed by atoms with Crippen molar-refractivity contribution in [3.05, 3.63) is 0 Å². The largest absolute Gasteiger partial charge is 0.305 e. The zero-order valence-corrected chi connectivity index (χ0v) is 6.91. The van der Waals surface area contributed by atoms with Gasteiger partial charge in [-0.25, -0.2) is 0 Å². The number of halogens is 1. The van der Waals surface area contributed by atoms with E-state index in [2.05, 4.69) is 0 Å². The van der Waals surface area contributed by atoms with Gasteiger partial charge in [0, 0.05) is 0 Å². The predicted octanol–water partition coefficient (Wildman–Crippen LogP) is 1.47. The standard InChI is InChI=1S/C6H11FO2S/c1-6(2)4-3-5(6)10(7,8)9/h5H,3-4H2,1-2H3. The molecule has 0 bridgehead atoms. The van der Waals surface area contributed by atoms with E-state index in [0.29, 0.717) is 6.42 Å². The highest BCUT2D eigenvalue weighted by Crippen LogP contribution is 2.44. The summed E-state index contributed by atoms with van der Waals surface area (Å²) in [5, 5.41) is -0.750. The van der Waals surface area contributed by atoms with Gasteiger partial charge in [-0.1, -0.05) is 13.8 Å². The minimum Gasteiger partial charge on any atom is -0.195 e. The first kappa shape index (κ1) is 7.98. The van der Waals surface area contributed by atoms with E-state index in [0.717, 1.165) is 6.42 Å². The number of hydrogen-bond donors (Lipinski definition) is 0. The fourth-order valence-electron chi connectivity index (χ4n) is 1.36.